The van der Waals surface area contributed by atoms with E-state index in [4.69, 9.17) is 8.83 Å². The Balaban J connectivity index is 1.83. The number of aryl methyl sites for hydroxylation is 1. The SMILES string of the molecule is Cc1ccoc1CSCc1coc(Br)c1. The van der Waals surface area contributed by atoms with E-state index in [1.807, 2.05) is 23.9 Å². The summed E-state index contributed by atoms with van der Waals surface area (Å²) < 4.78 is 11.3. The minimum atomic E-state index is 0.785. The van der Waals surface area contributed by atoms with Gasteiger partial charge in [-0.1, -0.05) is 0 Å². The highest BCUT2D eigenvalue weighted by Gasteiger charge is 2.03. The molecule has 0 fully saturated rings. The van der Waals surface area contributed by atoms with E-state index in [2.05, 4.69) is 22.9 Å². The highest BCUT2D eigenvalue weighted by Crippen LogP contribution is 2.23. The zero-order valence-electron chi connectivity index (χ0n) is 8.33. The first kappa shape index (κ1) is 10.9. The fourth-order valence-electron chi connectivity index (χ4n) is 1.24. The van der Waals surface area contributed by atoms with Crippen molar-refractivity contribution in [2.45, 2.75) is 18.4 Å². The summed E-state index contributed by atoms with van der Waals surface area (Å²) in [5, 5.41) is 0. The van der Waals surface area contributed by atoms with E-state index in [1.165, 1.54) is 11.1 Å². The van der Waals surface area contributed by atoms with Gasteiger partial charge in [0.15, 0.2) is 4.67 Å². The fourth-order valence-corrected chi connectivity index (χ4v) is 2.59. The second-order valence-electron chi connectivity index (χ2n) is 3.28. The first-order valence-electron chi connectivity index (χ1n) is 4.59. The molecule has 0 bridgehead atoms. The van der Waals surface area contributed by atoms with Gasteiger partial charge in [-0.3, -0.25) is 0 Å². The van der Waals surface area contributed by atoms with Crippen molar-refractivity contribution in [2.24, 2.45) is 0 Å². The molecule has 2 heterocycles. The predicted octanol–water partition coefficient (Wildman–Crippen LogP) is 4.38. The van der Waals surface area contributed by atoms with Crippen LogP contribution in [0.2, 0.25) is 0 Å². The first-order chi connectivity index (χ1) is 7.25. The van der Waals surface area contributed by atoms with Crippen LogP contribution in [-0.2, 0) is 11.5 Å². The van der Waals surface area contributed by atoms with Gasteiger partial charge in [-0.15, -0.1) is 11.8 Å². The molecule has 0 aliphatic carbocycles. The molecule has 0 saturated carbocycles. The average Bonchev–Trinajstić information content (AvgIpc) is 2.77. The monoisotopic (exact) mass is 286 g/mol. The Morgan fingerprint density at radius 3 is 2.80 bits per heavy atom. The van der Waals surface area contributed by atoms with Crippen molar-refractivity contribution in [1.29, 1.82) is 0 Å². The molecule has 0 amide bonds. The standard InChI is InChI=1S/C11H11BrO2S/c1-8-2-3-13-10(8)7-15-6-9-4-11(12)14-5-9/h2-5H,6-7H2,1H3. The highest BCUT2D eigenvalue weighted by molar-refractivity contribution is 9.10. The summed E-state index contributed by atoms with van der Waals surface area (Å²) in [5.41, 5.74) is 2.41. The number of thioether (sulfide) groups is 1. The molecule has 2 rings (SSSR count). The summed E-state index contributed by atoms with van der Waals surface area (Å²) in [6, 6.07) is 3.98. The molecule has 0 N–H and O–H groups in total. The van der Waals surface area contributed by atoms with Gasteiger partial charge in [-0.25, -0.2) is 0 Å². The third-order valence-electron chi connectivity index (χ3n) is 2.09. The van der Waals surface area contributed by atoms with Gasteiger partial charge in [-0.2, -0.15) is 0 Å². The molecule has 0 atom stereocenters. The number of halogens is 1. The molecule has 0 aromatic carbocycles. The van der Waals surface area contributed by atoms with Gasteiger partial charge in [0.2, 0.25) is 0 Å². The Morgan fingerprint density at radius 2 is 2.20 bits per heavy atom. The molecule has 0 spiro atoms. The van der Waals surface area contributed by atoms with Crippen molar-refractivity contribution >= 4 is 27.7 Å². The van der Waals surface area contributed by atoms with E-state index in [9.17, 15) is 0 Å². The van der Waals surface area contributed by atoms with Crippen molar-refractivity contribution in [3.05, 3.63) is 46.2 Å². The number of furan rings is 2. The van der Waals surface area contributed by atoms with Gasteiger partial charge in [0.05, 0.1) is 18.3 Å². The molecule has 2 aromatic heterocycles. The highest BCUT2D eigenvalue weighted by atomic mass is 79.9. The molecule has 15 heavy (non-hydrogen) atoms. The fraction of sp³-hybridized carbons (Fsp3) is 0.273. The first-order valence-corrected chi connectivity index (χ1v) is 6.54. The number of hydrogen-bond acceptors (Lipinski definition) is 3. The minimum Gasteiger partial charge on any atom is -0.468 e. The van der Waals surface area contributed by atoms with Gasteiger partial charge in [0.1, 0.15) is 5.76 Å². The molecule has 0 unspecified atom stereocenters. The van der Waals surface area contributed by atoms with E-state index < -0.39 is 0 Å². The molecule has 2 aromatic rings. The summed E-state index contributed by atoms with van der Waals surface area (Å²) in [6.45, 7) is 2.06. The van der Waals surface area contributed by atoms with Gasteiger partial charge in [0.25, 0.3) is 0 Å². The molecule has 0 radical (unpaired) electrons. The van der Waals surface area contributed by atoms with Crippen LogP contribution in [0, 0.1) is 6.92 Å². The van der Waals surface area contributed by atoms with Gasteiger partial charge < -0.3 is 8.83 Å². The molecule has 2 nitrogen and oxygen atoms in total. The maximum atomic E-state index is 5.35. The van der Waals surface area contributed by atoms with E-state index in [0.29, 0.717) is 0 Å². The summed E-state index contributed by atoms with van der Waals surface area (Å²) in [4.78, 5) is 0. The Bertz CT molecular complexity index is 433. The van der Waals surface area contributed by atoms with E-state index >= 15 is 0 Å². The van der Waals surface area contributed by atoms with Crippen LogP contribution >= 0.6 is 27.7 Å². The third kappa shape index (κ3) is 2.92. The molecule has 0 aliphatic rings. The molecular formula is C11H11BrO2S. The zero-order chi connectivity index (χ0) is 10.7. The summed E-state index contributed by atoms with van der Waals surface area (Å²) in [7, 11) is 0. The Hall–Kier alpha value is -0.610. The van der Waals surface area contributed by atoms with Crippen molar-refractivity contribution in [3.8, 4) is 0 Å². The molecule has 0 saturated heterocycles. The van der Waals surface area contributed by atoms with E-state index in [0.717, 1.165) is 21.9 Å². The minimum absolute atomic E-state index is 0.785. The van der Waals surface area contributed by atoms with Crippen LogP contribution in [-0.4, -0.2) is 0 Å². The van der Waals surface area contributed by atoms with Crippen molar-refractivity contribution in [1.82, 2.24) is 0 Å². The average molecular weight is 287 g/mol. The topological polar surface area (TPSA) is 26.3 Å². The lowest BCUT2D eigenvalue weighted by Crippen LogP contribution is -1.81. The van der Waals surface area contributed by atoms with Crippen LogP contribution in [0.15, 0.2) is 38.2 Å². The number of hydrogen-bond donors (Lipinski definition) is 0. The maximum Gasteiger partial charge on any atom is 0.169 e. The lowest BCUT2D eigenvalue weighted by Gasteiger charge is -1.97. The van der Waals surface area contributed by atoms with Crippen LogP contribution < -0.4 is 0 Å². The van der Waals surface area contributed by atoms with E-state index in [-0.39, 0.29) is 0 Å². The quantitative estimate of drug-likeness (QED) is 0.834. The largest absolute Gasteiger partial charge is 0.468 e. The Morgan fingerprint density at radius 1 is 1.33 bits per heavy atom. The summed E-state index contributed by atoms with van der Waals surface area (Å²) in [5.74, 6) is 2.90. The molecular weight excluding hydrogens is 276 g/mol. The smallest absolute Gasteiger partial charge is 0.169 e. The van der Waals surface area contributed by atoms with Crippen molar-refractivity contribution < 1.29 is 8.83 Å². The van der Waals surface area contributed by atoms with Crippen molar-refractivity contribution in [2.75, 3.05) is 0 Å². The van der Waals surface area contributed by atoms with Gasteiger partial charge in [0, 0.05) is 11.3 Å². The predicted molar refractivity (Wildman–Crippen MR) is 64.9 cm³/mol. The molecule has 4 heteroatoms. The van der Waals surface area contributed by atoms with Crippen molar-refractivity contribution in [3.63, 3.8) is 0 Å². The Kier molecular flexibility index (Phi) is 3.59. The van der Waals surface area contributed by atoms with Crippen LogP contribution in [0.25, 0.3) is 0 Å². The molecule has 80 valence electrons. The maximum absolute atomic E-state index is 5.35. The van der Waals surface area contributed by atoms with Gasteiger partial charge >= 0.3 is 0 Å². The van der Waals surface area contributed by atoms with Crippen LogP contribution in [0.1, 0.15) is 16.9 Å². The zero-order valence-corrected chi connectivity index (χ0v) is 10.7. The molecule has 0 aliphatic heterocycles. The van der Waals surface area contributed by atoms with Crippen LogP contribution in [0.4, 0.5) is 0 Å². The summed E-state index contributed by atoms with van der Waals surface area (Å²) in [6.07, 6.45) is 3.51. The number of rotatable bonds is 4. The van der Waals surface area contributed by atoms with Crippen LogP contribution in [0.3, 0.4) is 0 Å². The van der Waals surface area contributed by atoms with Gasteiger partial charge in [-0.05, 0) is 40.5 Å². The normalized spacial score (nSPS) is 10.8. The second kappa shape index (κ2) is 4.94. The lowest BCUT2D eigenvalue weighted by atomic mass is 10.3. The van der Waals surface area contributed by atoms with Crippen LogP contribution in [0.5, 0.6) is 0 Å². The Labute approximate surface area is 101 Å². The van der Waals surface area contributed by atoms with E-state index in [1.54, 1.807) is 12.5 Å². The second-order valence-corrected chi connectivity index (χ2v) is 5.05. The lowest BCUT2D eigenvalue weighted by molar-refractivity contribution is 0.527. The summed E-state index contributed by atoms with van der Waals surface area (Å²) >= 11 is 5.10. The third-order valence-corrected chi connectivity index (χ3v) is 3.51.